The molecule has 0 aromatic rings. The Morgan fingerprint density at radius 1 is 0.241 bits per heavy atom. The van der Waals surface area contributed by atoms with E-state index in [9.17, 15) is 14.4 Å². The molecular weight excluding hydrogens is 1020 g/mol. The van der Waals surface area contributed by atoms with Crippen molar-refractivity contribution in [2.75, 3.05) is 13.2 Å². The Labute approximate surface area is 518 Å². The summed E-state index contributed by atoms with van der Waals surface area (Å²) in [6.45, 7) is 6.64. The van der Waals surface area contributed by atoms with Crippen LogP contribution in [-0.4, -0.2) is 37.2 Å². The fourth-order valence-corrected chi connectivity index (χ4v) is 11.5. The SMILES string of the molecule is CCC/C=C\CCCCCCCC(=O)OCC(COC(=O)CCCCCCCCCCCCCCCCCCC/C=C\C/C=C\CCCCCCC)OC(=O)CCCCCCCCCCCCCCCCCCCCCCCCCCCC. The summed E-state index contributed by atoms with van der Waals surface area (Å²) >= 11 is 0. The number of carbonyl (C=O) groups is 3. The minimum Gasteiger partial charge on any atom is -0.462 e. The summed E-state index contributed by atoms with van der Waals surface area (Å²) < 4.78 is 17.0. The molecule has 0 saturated carbocycles. The largest absolute Gasteiger partial charge is 0.462 e. The molecule has 0 aromatic heterocycles. The normalized spacial score (nSPS) is 12.2. The second-order valence-electron chi connectivity index (χ2n) is 25.6. The van der Waals surface area contributed by atoms with E-state index in [0.717, 1.165) is 77.0 Å². The first-order valence-electron chi connectivity index (χ1n) is 37.5. The minimum atomic E-state index is -0.773. The molecule has 83 heavy (non-hydrogen) atoms. The van der Waals surface area contributed by atoms with Crippen LogP contribution in [0, 0.1) is 0 Å². The highest BCUT2D eigenvalue weighted by Gasteiger charge is 2.20. The lowest BCUT2D eigenvalue weighted by atomic mass is 10.0. The van der Waals surface area contributed by atoms with Crippen LogP contribution in [0.1, 0.15) is 419 Å². The van der Waals surface area contributed by atoms with E-state index in [1.807, 2.05) is 0 Å². The zero-order chi connectivity index (χ0) is 59.9. The van der Waals surface area contributed by atoms with Gasteiger partial charge in [0.15, 0.2) is 6.10 Å². The van der Waals surface area contributed by atoms with Crippen LogP contribution in [0.5, 0.6) is 0 Å². The number of ether oxygens (including phenoxy) is 3. The van der Waals surface area contributed by atoms with E-state index in [2.05, 4.69) is 57.2 Å². The van der Waals surface area contributed by atoms with Crippen molar-refractivity contribution < 1.29 is 28.6 Å². The van der Waals surface area contributed by atoms with E-state index in [4.69, 9.17) is 14.2 Å². The first-order chi connectivity index (χ1) is 41.0. The number of allylic oxidation sites excluding steroid dienone is 6. The highest BCUT2D eigenvalue weighted by atomic mass is 16.6. The van der Waals surface area contributed by atoms with E-state index < -0.39 is 6.10 Å². The molecule has 0 aliphatic rings. The fourth-order valence-electron chi connectivity index (χ4n) is 11.5. The van der Waals surface area contributed by atoms with Crippen LogP contribution >= 0.6 is 0 Å². The van der Waals surface area contributed by atoms with Crippen LogP contribution in [0.15, 0.2) is 36.5 Å². The number of carbonyl (C=O) groups excluding carboxylic acids is 3. The average Bonchev–Trinajstić information content (AvgIpc) is 3.48. The van der Waals surface area contributed by atoms with Crippen molar-refractivity contribution in [2.45, 2.75) is 425 Å². The molecule has 0 spiro atoms. The molecule has 488 valence electrons. The number of rotatable bonds is 70. The van der Waals surface area contributed by atoms with Crippen molar-refractivity contribution in [3.8, 4) is 0 Å². The van der Waals surface area contributed by atoms with Gasteiger partial charge in [-0.3, -0.25) is 14.4 Å². The van der Waals surface area contributed by atoms with Crippen LogP contribution in [0.2, 0.25) is 0 Å². The van der Waals surface area contributed by atoms with Gasteiger partial charge in [0, 0.05) is 19.3 Å². The van der Waals surface area contributed by atoms with E-state index in [1.54, 1.807) is 0 Å². The van der Waals surface area contributed by atoms with Crippen molar-refractivity contribution >= 4 is 17.9 Å². The second-order valence-corrected chi connectivity index (χ2v) is 25.6. The monoisotopic (exact) mass is 1170 g/mol. The Balaban J connectivity index is 4.09. The first-order valence-corrected chi connectivity index (χ1v) is 37.5. The van der Waals surface area contributed by atoms with Crippen molar-refractivity contribution in [1.82, 2.24) is 0 Å². The third-order valence-electron chi connectivity index (χ3n) is 17.1. The summed E-state index contributed by atoms with van der Waals surface area (Å²) in [6.07, 6.45) is 90.7. The summed E-state index contributed by atoms with van der Waals surface area (Å²) in [5.41, 5.74) is 0. The van der Waals surface area contributed by atoms with Gasteiger partial charge in [-0.15, -0.1) is 0 Å². The third kappa shape index (κ3) is 70.3. The number of unbranched alkanes of at least 4 members (excludes halogenated alkanes) is 53. The summed E-state index contributed by atoms with van der Waals surface area (Å²) in [5, 5.41) is 0. The van der Waals surface area contributed by atoms with Crippen LogP contribution in [0.25, 0.3) is 0 Å². The third-order valence-corrected chi connectivity index (χ3v) is 17.1. The summed E-state index contributed by atoms with van der Waals surface area (Å²) in [7, 11) is 0. The Morgan fingerprint density at radius 3 is 0.723 bits per heavy atom. The zero-order valence-electron chi connectivity index (χ0n) is 56.2. The number of hydrogen-bond acceptors (Lipinski definition) is 6. The highest BCUT2D eigenvalue weighted by molar-refractivity contribution is 5.71. The molecule has 0 radical (unpaired) electrons. The molecule has 0 amide bonds. The van der Waals surface area contributed by atoms with Crippen molar-refractivity contribution in [1.29, 1.82) is 0 Å². The standard InChI is InChI=1S/C77H144O6/c1-4-7-10-13-16-19-22-24-26-28-30-32-34-36-38-39-40-42-43-45-47-49-51-53-55-58-61-64-67-70-76(79)82-73-74(72-81-75(78)69-66-63-60-57-21-18-15-12-9-6-3)83-77(80)71-68-65-62-59-56-54-52-50-48-46-44-41-37-35-33-31-29-27-25-23-20-17-14-11-8-5-2/h12,15,22,24,28,30,74H,4-11,13-14,16-21,23,25-27,29,31-73H2,1-3H3/b15-12-,24-22-,30-28-. The molecule has 0 aromatic carbocycles. The lowest BCUT2D eigenvalue weighted by Gasteiger charge is -2.18. The zero-order valence-corrected chi connectivity index (χ0v) is 56.2. The van der Waals surface area contributed by atoms with Gasteiger partial charge in [-0.05, 0) is 70.6 Å². The minimum absolute atomic E-state index is 0.0691. The van der Waals surface area contributed by atoms with Gasteiger partial charge in [0.05, 0.1) is 0 Å². The molecule has 6 heteroatoms. The Bertz CT molecular complexity index is 1380. The molecule has 1 atom stereocenters. The van der Waals surface area contributed by atoms with Crippen LogP contribution < -0.4 is 0 Å². The Morgan fingerprint density at radius 2 is 0.458 bits per heavy atom. The van der Waals surface area contributed by atoms with Crippen molar-refractivity contribution in [3.63, 3.8) is 0 Å². The smallest absolute Gasteiger partial charge is 0.306 e. The van der Waals surface area contributed by atoms with Gasteiger partial charge >= 0.3 is 17.9 Å². The summed E-state index contributed by atoms with van der Waals surface area (Å²) in [5.74, 6) is -0.850. The van der Waals surface area contributed by atoms with E-state index in [-0.39, 0.29) is 31.1 Å². The molecule has 0 aliphatic carbocycles. The van der Waals surface area contributed by atoms with Gasteiger partial charge in [-0.25, -0.2) is 0 Å². The molecular formula is C77H144O6. The molecule has 0 rings (SSSR count). The van der Waals surface area contributed by atoms with Crippen LogP contribution in [-0.2, 0) is 28.6 Å². The van der Waals surface area contributed by atoms with Crippen LogP contribution in [0.3, 0.4) is 0 Å². The van der Waals surface area contributed by atoms with E-state index >= 15 is 0 Å². The topological polar surface area (TPSA) is 78.9 Å². The highest BCUT2D eigenvalue weighted by Crippen LogP contribution is 2.19. The van der Waals surface area contributed by atoms with E-state index in [0.29, 0.717) is 19.3 Å². The summed E-state index contributed by atoms with van der Waals surface area (Å²) in [4.78, 5) is 38.4. The Hall–Kier alpha value is -2.37. The molecule has 0 bridgehead atoms. The van der Waals surface area contributed by atoms with Gasteiger partial charge in [0.1, 0.15) is 13.2 Å². The molecule has 0 N–H and O–H groups in total. The predicted octanol–water partition coefficient (Wildman–Crippen LogP) is 25.9. The van der Waals surface area contributed by atoms with Crippen molar-refractivity contribution in [2.24, 2.45) is 0 Å². The van der Waals surface area contributed by atoms with Gasteiger partial charge in [0.25, 0.3) is 0 Å². The first kappa shape index (κ1) is 80.6. The molecule has 0 saturated heterocycles. The Kier molecular flexibility index (Phi) is 70.0. The fraction of sp³-hybridized carbons (Fsp3) is 0.883. The molecule has 1 unspecified atom stereocenters. The second kappa shape index (κ2) is 72.1. The van der Waals surface area contributed by atoms with E-state index in [1.165, 1.54) is 302 Å². The van der Waals surface area contributed by atoms with Gasteiger partial charge in [-0.1, -0.05) is 365 Å². The quantitative estimate of drug-likeness (QED) is 0.0261. The maximum absolute atomic E-state index is 13.0. The van der Waals surface area contributed by atoms with Gasteiger partial charge in [0.2, 0.25) is 0 Å². The molecule has 0 fully saturated rings. The molecule has 6 nitrogen and oxygen atoms in total. The number of esters is 3. The van der Waals surface area contributed by atoms with Gasteiger partial charge in [-0.2, -0.15) is 0 Å². The predicted molar refractivity (Wildman–Crippen MR) is 362 cm³/mol. The number of hydrogen-bond donors (Lipinski definition) is 0. The lowest BCUT2D eigenvalue weighted by Crippen LogP contribution is -2.30. The lowest BCUT2D eigenvalue weighted by molar-refractivity contribution is -0.167. The molecule has 0 heterocycles. The molecule has 0 aliphatic heterocycles. The maximum Gasteiger partial charge on any atom is 0.306 e. The summed E-state index contributed by atoms with van der Waals surface area (Å²) in [6, 6.07) is 0. The van der Waals surface area contributed by atoms with Crippen molar-refractivity contribution in [3.05, 3.63) is 36.5 Å². The average molecular weight is 1170 g/mol. The van der Waals surface area contributed by atoms with Crippen LogP contribution in [0.4, 0.5) is 0 Å². The van der Waals surface area contributed by atoms with Gasteiger partial charge < -0.3 is 14.2 Å². The maximum atomic E-state index is 13.0.